The second-order valence-electron chi connectivity index (χ2n) is 5.60. The van der Waals surface area contributed by atoms with Crippen LogP contribution < -0.4 is 5.56 Å². The van der Waals surface area contributed by atoms with Gasteiger partial charge >= 0.3 is 0 Å². The third-order valence-electron chi connectivity index (χ3n) is 3.65. The Morgan fingerprint density at radius 1 is 1.23 bits per heavy atom. The topological polar surface area (TPSA) is 38.1 Å². The van der Waals surface area contributed by atoms with Gasteiger partial charge in [0.15, 0.2) is 0 Å². The maximum Gasteiger partial charge on any atom is 0.262 e. The van der Waals surface area contributed by atoms with Gasteiger partial charge in [-0.3, -0.25) is 9.36 Å². The molecule has 0 unspecified atom stereocenters. The van der Waals surface area contributed by atoms with Crippen LogP contribution >= 0.6 is 11.3 Å². The normalized spacial score (nSPS) is 11.4. The standard InChI is InChI=1S/C17H19N3OS/c1-19(2)9-6-10-20-12-18-16-15(17(20)21)14(11-22-16)13-7-4-3-5-8-13/h3-5,7-8,11-12H,6,9-10H2,1-2H3. The molecule has 2 aromatic heterocycles. The Balaban J connectivity index is 2.01. The zero-order valence-electron chi connectivity index (χ0n) is 12.8. The van der Waals surface area contributed by atoms with E-state index in [-0.39, 0.29) is 5.56 Å². The lowest BCUT2D eigenvalue weighted by atomic mass is 10.1. The SMILES string of the molecule is CN(C)CCCn1cnc2scc(-c3ccccc3)c2c1=O. The highest BCUT2D eigenvalue weighted by molar-refractivity contribution is 7.17. The van der Waals surface area contributed by atoms with Crippen molar-refractivity contribution in [2.24, 2.45) is 0 Å². The summed E-state index contributed by atoms with van der Waals surface area (Å²) in [6.07, 6.45) is 2.61. The van der Waals surface area contributed by atoms with Crippen molar-refractivity contribution in [3.05, 3.63) is 52.4 Å². The number of nitrogens with zero attached hydrogens (tertiary/aromatic N) is 3. The van der Waals surface area contributed by atoms with E-state index in [9.17, 15) is 4.79 Å². The van der Waals surface area contributed by atoms with Gasteiger partial charge in [0.1, 0.15) is 4.83 Å². The number of fused-ring (bicyclic) bond motifs is 1. The first-order valence-electron chi connectivity index (χ1n) is 7.33. The van der Waals surface area contributed by atoms with Crippen molar-refractivity contribution in [1.82, 2.24) is 14.5 Å². The molecule has 0 N–H and O–H groups in total. The van der Waals surface area contributed by atoms with E-state index in [0.717, 1.165) is 34.3 Å². The average molecular weight is 313 g/mol. The van der Waals surface area contributed by atoms with Crippen molar-refractivity contribution in [2.45, 2.75) is 13.0 Å². The summed E-state index contributed by atoms with van der Waals surface area (Å²) in [6, 6.07) is 10.0. The van der Waals surface area contributed by atoms with Gasteiger partial charge < -0.3 is 4.90 Å². The van der Waals surface area contributed by atoms with Gasteiger partial charge in [-0.1, -0.05) is 30.3 Å². The maximum atomic E-state index is 12.8. The minimum atomic E-state index is 0.0591. The summed E-state index contributed by atoms with van der Waals surface area (Å²) in [5, 5.41) is 2.77. The number of rotatable bonds is 5. The molecule has 0 spiro atoms. The molecule has 0 atom stereocenters. The van der Waals surface area contributed by atoms with E-state index in [1.807, 2.05) is 49.8 Å². The summed E-state index contributed by atoms with van der Waals surface area (Å²) in [5.74, 6) is 0. The van der Waals surface area contributed by atoms with E-state index >= 15 is 0 Å². The van der Waals surface area contributed by atoms with Crippen LogP contribution in [0, 0.1) is 0 Å². The Morgan fingerprint density at radius 3 is 2.73 bits per heavy atom. The number of hydrogen-bond acceptors (Lipinski definition) is 4. The monoisotopic (exact) mass is 313 g/mol. The molecule has 1 aromatic carbocycles. The zero-order chi connectivity index (χ0) is 15.5. The number of thiophene rings is 1. The smallest absolute Gasteiger partial charge is 0.262 e. The lowest BCUT2D eigenvalue weighted by Crippen LogP contribution is -2.23. The van der Waals surface area contributed by atoms with Crippen molar-refractivity contribution in [1.29, 1.82) is 0 Å². The summed E-state index contributed by atoms with van der Waals surface area (Å²) < 4.78 is 1.73. The predicted molar refractivity (Wildman–Crippen MR) is 92.5 cm³/mol. The summed E-state index contributed by atoms with van der Waals surface area (Å²) in [7, 11) is 4.08. The second-order valence-corrected chi connectivity index (χ2v) is 6.45. The maximum absolute atomic E-state index is 12.8. The molecular formula is C17H19N3OS. The van der Waals surface area contributed by atoms with E-state index < -0.39 is 0 Å². The molecule has 114 valence electrons. The first kappa shape index (κ1) is 14.9. The highest BCUT2D eigenvalue weighted by Crippen LogP contribution is 2.30. The molecule has 0 aliphatic heterocycles. The summed E-state index contributed by atoms with van der Waals surface area (Å²) >= 11 is 1.53. The van der Waals surface area contributed by atoms with Gasteiger partial charge in [-0.05, 0) is 32.6 Å². The van der Waals surface area contributed by atoms with E-state index in [0.29, 0.717) is 6.54 Å². The molecule has 0 bridgehead atoms. The minimum Gasteiger partial charge on any atom is -0.309 e. The molecule has 22 heavy (non-hydrogen) atoms. The second kappa shape index (κ2) is 6.42. The van der Waals surface area contributed by atoms with E-state index in [1.165, 1.54) is 11.3 Å². The van der Waals surface area contributed by atoms with Crippen LogP contribution in [-0.4, -0.2) is 35.1 Å². The fraction of sp³-hybridized carbons (Fsp3) is 0.294. The van der Waals surface area contributed by atoms with Crippen LogP contribution in [0.5, 0.6) is 0 Å². The Kier molecular flexibility index (Phi) is 4.36. The molecule has 0 saturated carbocycles. The lowest BCUT2D eigenvalue weighted by Gasteiger charge is -2.10. The van der Waals surface area contributed by atoms with E-state index in [4.69, 9.17) is 0 Å². The fourth-order valence-corrected chi connectivity index (χ4v) is 3.42. The van der Waals surface area contributed by atoms with Crippen molar-refractivity contribution < 1.29 is 0 Å². The van der Waals surface area contributed by atoms with Gasteiger partial charge in [-0.2, -0.15) is 0 Å². The number of benzene rings is 1. The van der Waals surface area contributed by atoms with Crippen molar-refractivity contribution in [3.63, 3.8) is 0 Å². The Hall–Kier alpha value is -1.98. The zero-order valence-corrected chi connectivity index (χ0v) is 13.6. The van der Waals surface area contributed by atoms with Crippen LogP contribution in [0.15, 0.2) is 46.8 Å². The van der Waals surface area contributed by atoms with Crippen LogP contribution in [-0.2, 0) is 6.54 Å². The van der Waals surface area contributed by atoms with Crippen LogP contribution in [0.25, 0.3) is 21.3 Å². The van der Waals surface area contributed by atoms with Crippen LogP contribution in [0.1, 0.15) is 6.42 Å². The molecule has 3 rings (SSSR count). The number of hydrogen-bond donors (Lipinski definition) is 0. The molecule has 0 saturated heterocycles. The predicted octanol–water partition coefficient (Wildman–Crippen LogP) is 3.08. The van der Waals surface area contributed by atoms with Gasteiger partial charge in [0.25, 0.3) is 5.56 Å². The first-order valence-corrected chi connectivity index (χ1v) is 8.21. The third kappa shape index (κ3) is 2.96. The van der Waals surface area contributed by atoms with E-state index in [2.05, 4.69) is 9.88 Å². The van der Waals surface area contributed by atoms with Gasteiger partial charge in [0.05, 0.1) is 11.7 Å². The Labute approximate surface area is 133 Å². The van der Waals surface area contributed by atoms with Gasteiger partial charge in [0.2, 0.25) is 0 Å². The summed E-state index contributed by atoms with van der Waals surface area (Å²) in [4.78, 5) is 20.2. The van der Waals surface area contributed by atoms with Gasteiger partial charge in [-0.25, -0.2) is 4.98 Å². The average Bonchev–Trinajstić information content (AvgIpc) is 2.95. The minimum absolute atomic E-state index is 0.0591. The molecule has 0 amide bonds. The molecule has 0 aliphatic carbocycles. The van der Waals surface area contributed by atoms with Crippen LogP contribution in [0.4, 0.5) is 0 Å². The third-order valence-corrected chi connectivity index (χ3v) is 4.54. The van der Waals surface area contributed by atoms with Crippen molar-refractivity contribution in [2.75, 3.05) is 20.6 Å². The molecule has 3 aromatic rings. The Bertz CT molecular complexity index is 821. The van der Waals surface area contributed by atoms with Crippen molar-refractivity contribution >= 4 is 21.6 Å². The molecule has 0 radical (unpaired) electrons. The fourth-order valence-electron chi connectivity index (χ4n) is 2.51. The molecule has 4 nitrogen and oxygen atoms in total. The first-order chi connectivity index (χ1) is 10.7. The van der Waals surface area contributed by atoms with Crippen LogP contribution in [0.2, 0.25) is 0 Å². The molecular weight excluding hydrogens is 294 g/mol. The summed E-state index contributed by atoms with van der Waals surface area (Å²) in [5.41, 5.74) is 2.11. The molecule has 2 heterocycles. The van der Waals surface area contributed by atoms with Crippen molar-refractivity contribution in [3.8, 4) is 11.1 Å². The van der Waals surface area contributed by atoms with Gasteiger partial charge in [-0.15, -0.1) is 11.3 Å². The molecule has 5 heteroatoms. The quantitative estimate of drug-likeness (QED) is 0.726. The number of aryl methyl sites for hydroxylation is 1. The Morgan fingerprint density at radius 2 is 2.00 bits per heavy atom. The van der Waals surface area contributed by atoms with Crippen LogP contribution in [0.3, 0.4) is 0 Å². The van der Waals surface area contributed by atoms with E-state index in [1.54, 1.807) is 10.9 Å². The summed E-state index contributed by atoms with van der Waals surface area (Å²) in [6.45, 7) is 1.66. The largest absolute Gasteiger partial charge is 0.309 e. The highest BCUT2D eigenvalue weighted by atomic mass is 32.1. The molecule has 0 fully saturated rings. The molecule has 0 aliphatic rings. The number of aromatic nitrogens is 2. The highest BCUT2D eigenvalue weighted by Gasteiger charge is 2.12. The lowest BCUT2D eigenvalue weighted by molar-refractivity contribution is 0.384. The van der Waals surface area contributed by atoms with Gasteiger partial charge in [0, 0.05) is 17.5 Å².